The van der Waals surface area contributed by atoms with Gasteiger partial charge < -0.3 is 9.63 Å². The van der Waals surface area contributed by atoms with Gasteiger partial charge >= 0.3 is 11.7 Å². The fourth-order valence-electron chi connectivity index (χ4n) is 2.19. The molecule has 8 heteroatoms. The van der Waals surface area contributed by atoms with E-state index >= 15 is 0 Å². The second-order valence-corrected chi connectivity index (χ2v) is 4.45. The van der Waals surface area contributed by atoms with Gasteiger partial charge in [0.25, 0.3) is 0 Å². The maximum absolute atomic E-state index is 12.0. The van der Waals surface area contributed by atoms with Crippen LogP contribution in [0.1, 0.15) is 34.9 Å². The summed E-state index contributed by atoms with van der Waals surface area (Å²) in [5, 5.41) is 16.4. The van der Waals surface area contributed by atoms with Crippen molar-refractivity contribution in [2.24, 2.45) is 0 Å². The zero-order chi connectivity index (χ0) is 13.4. The predicted molar refractivity (Wildman–Crippen MR) is 62.0 cm³/mol. The molecule has 0 unspecified atom stereocenters. The molecule has 0 aromatic carbocycles. The Kier molecular flexibility index (Phi) is 2.69. The van der Waals surface area contributed by atoms with Gasteiger partial charge in [0.05, 0.1) is 0 Å². The van der Waals surface area contributed by atoms with Crippen molar-refractivity contribution in [3.05, 3.63) is 33.8 Å². The summed E-state index contributed by atoms with van der Waals surface area (Å²) in [6.07, 6.45) is 2.80. The van der Waals surface area contributed by atoms with Gasteiger partial charge in [-0.3, -0.25) is 4.57 Å². The Hall–Kier alpha value is -2.38. The van der Waals surface area contributed by atoms with Gasteiger partial charge in [0.15, 0.2) is 11.5 Å². The Morgan fingerprint density at radius 1 is 1.47 bits per heavy atom. The lowest BCUT2D eigenvalue weighted by Gasteiger charge is -2.09. The third kappa shape index (κ3) is 2.05. The first-order valence-corrected chi connectivity index (χ1v) is 6.00. The largest absolute Gasteiger partial charge is 0.476 e. The summed E-state index contributed by atoms with van der Waals surface area (Å²) in [5.41, 5.74) is -0.366. The van der Waals surface area contributed by atoms with Crippen LogP contribution >= 0.6 is 0 Å². The minimum Gasteiger partial charge on any atom is -0.476 e. The standard InChI is InChI=1S/C11H12N4O4/c16-10(17)8-5-7(19-13-8)6-15-11(18)14-4-2-1-3-9(14)12-15/h5H,1-4,6H2,(H,16,17). The van der Waals surface area contributed by atoms with Crippen molar-refractivity contribution in [3.63, 3.8) is 0 Å². The number of nitrogens with zero attached hydrogens (tertiary/aromatic N) is 4. The van der Waals surface area contributed by atoms with Crippen molar-refractivity contribution in [3.8, 4) is 0 Å². The molecule has 0 radical (unpaired) electrons. The molecule has 2 aromatic heterocycles. The van der Waals surface area contributed by atoms with E-state index in [1.165, 1.54) is 10.7 Å². The van der Waals surface area contributed by atoms with E-state index < -0.39 is 5.97 Å². The SMILES string of the molecule is O=C(O)c1cc(Cn2nc3n(c2=O)CCCC3)on1. The first kappa shape index (κ1) is 11.7. The Morgan fingerprint density at radius 3 is 3.00 bits per heavy atom. The normalized spacial score (nSPS) is 14.3. The molecule has 0 amide bonds. The van der Waals surface area contributed by atoms with Gasteiger partial charge in [0.2, 0.25) is 0 Å². The third-order valence-electron chi connectivity index (χ3n) is 3.12. The Balaban J connectivity index is 1.88. The van der Waals surface area contributed by atoms with E-state index in [-0.39, 0.29) is 17.9 Å². The van der Waals surface area contributed by atoms with Crippen molar-refractivity contribution >= 4 is 5.97 Å². The molecule has 0 saturated heterocycles. The number of carboxylic acid groups (broad SMARTS) is 1. The summed E-state index contributed by atoms with van der Waals surface area (Å²) in [5.74, 6) is -0.0874. The number of hydrogen-bond acceptors (Lipinski definition) is 5. The monoisotopic (exact) mass is 264 g/mol. The van der Waals surface area contributed by atoms with Crippen LogP contribution in [-0.2, 0) is 19.5 Å². The molecule has 0 spiro atoms. The number of carboxylic acids is 1. The van der Waals surface area contributed by atoms with Gasteiger partial charge in [-0.2, -0.15) is 5.10 Å². The van der Waals surface area contributed by atoms with E-state index in [1.54, 1.807) is 4.57 Å². The summed E-state index contributed by atoms with van der Waals surface area (Å²) >= 11 is 0. The smallest absolute Gasteiger partial charge is 0.358 e. The molecule has 1 aliphatic heterocycles. The molecule has 3 heterocycles. The van der Waals surface area contributed by atoms with Crippen LogP contribution in [0.15, 0.2) is 15.4 Å². The predicted octanol–water partition coefficient (Wildman–Crippen LogP) is 0.116. The average molecular weight is 264 g/mol. The summed E-state index contributed by atoms with van der Waals surface area (Å²) in [7, 11) is 0. The lowest BCUT2D eigenvalue weighted by molar-refractivity contribution is 0.0685. The van der Waals surface area contributed by atoms with Gasteiger partial charge in [-0.1, -0.05) is 5.16 Å². The van der Waals surface area contributed by atoms with Crippen LogP contribution in [0.3, 0.4) is 0 Å². The van der Waals surface area contributed by atoms with Crippen LogP contribution in [0, 0.1) is 0 Å². The second kappa shape index (κ2) is 4.38. The highest BCUT2D eigenvalue weighted by molar-refractivity contribution is 5.85. The summed E-state index contributed by atoms with van der Waals surface area (Å²) in [4.78, 5) is 22.7. The van der Waals surface area contributed by atoms with E-state index in [4.69, 9.17) is 9.63 Å². The maximum Gasteiger partial charge on any atom is 0.358 e. The highest BCUT2D eigenvalue weighted by Crippen LogP contribution is 2.10. The molecule has 0 atom stereocenters. The quantitative estimate of drug-likeness (QED) is 0.844. The lowest BCUT2D eigenvalue weighted by atomic mass is 10.2. The van der Waals surface area contributed by atoms with Crippen molar-refractivity contribution in [1.29, 1.82) is 0 Å². The third-order valence-corrected chi connectivity index (χ3v) is 3.12. The van der Waals surface area contributed by atoms with Gasteiger partial charge in [0, 0.05) is 19.0 Å². The van der Waals surface area contributed by atoms with Crippen LogP contribution < -0.4 is 5.69 Å². The van der Waals surface area contributed by atoms with E-state index in [1.807, 2.05) is 0 Å². The number of aromatic nitrogens is 4. The van der Waals surface area contributed by atoms with Gasteiger partial charge in [-0.05, 0) is 12.8 Å². The number of hydrogen-bond donors (Lipinski definition) is 1. The van der Waals surface area contributed by atoms with Crippen LogP contribution in [0.4, 0.5) is 0 Å². The molecule has 8 nitrogen and oxygen atoms in total. The van der Waals surface area contributed by atoms with E-state index in [0.717, 1.165) is 25.1 Å². The van der Waals surface area contributed by atoms with E-state index in [0.29, 0.717) is 12.3 Å². The topological polar surface area (TPSA) is 103 Å². The number of rotatable bonds is 3. The molecule has 19 heavy (non-hydrogen) atoms. The maximum atomic E-state index is 12.0. The molecule has 2 aromatic rings. The highest BCUT2D eigenvalue weighted by atomic mass is 16.5. The zero-order valence-electron chi connectivity index (χ0n) is 10.1. The minimum absolute atomic E-state index is 0.0963. The molecule has 0 aliphatic carbocycles. The molecule has 0 saturated carbocycles. The van der Waals surface area contributed by atoms with Crippen molar-refractivity contribution in [1.82, 2.24) is 19.5 Å². The molecular formula is C11H12N4O4. The number of fused-ring (bicyclic) bond motifs is 1. The van der Waals surface area contributed by atoms with Crippen LogP contribution in [-0.4, -0.2) is 30.6 Å². The number of carbonyl (C=O) groups is 1. The number of aryl methyl sites for hydroxylation is 1. The number of aromatic carboxylic acids is 1. The van der Waals surface area contributed by atoms with Gasteiger partial charge in [-0.15, -0.1) is 0 Å². The van der Waals surface area contributed by atoms with Crippen LogP contribution in [0.2, 0.25) is 0 Å². The van der Waals surface area contributed by atoms with E-state index in [9.17, 15) is 9.59 Å². The Bertz CT molecular complexity index is 681. The highest BCUT2D eigenvalue weighted by Gasteiger charge is 2.18. The van der Waals surface area contributed by atoms with Crippen molar-refractivity contribution in [2.45, 2.75) is 32.4 Å². The fourth-order valence-corrected chi connectivity index (χ4v) is 2.19. The van der Waals surface area contributed by atoms with Crippen molar-refractivity contribution < 1.29 is 14.4 Å². The molecule has 0 fully saturated rings. The fraction of sp³-hybridized carbons (Fsp3) is 0.455. The van der Waals surface area contributed by atoms with Gasteiger partial charge in [-0.25, -0.2) is 14.3 Å². The summed E-state index contributed by atoms with van der Waals surface area (Å²) in [6, 6.07) is 1.30. The zero-order valence-corrected chi connectivity index (χ0v) is 10.1. The molecule has 3 rings (SSSR count). The lowest BCUT2D eigenvalue weighted by Crippen LogP contribution is -2.27. The molecule has 1 N–H and O–H groups in total. The van der Waals surface area contributed by atoms with Crippen molar-refractivity contribution in [2.75, 3.05) is 0 Å². The summed E-state index contributed by atoms with van der Waals surface area (Å²) in [6.45, 7) is 0.782. The Morgan fingerprint density at radius 2 is 2.32 bits per heavy atom. The van der Waals surface area contributed by atoms with Gasteiger partial charge in [0.1, 0.15) is 12.4 Å². The van der Waals surface area contributed by atoms with Crippen LogP contribution in [0.5, 0.6) is 0 Å². The Labute approximate surface area is 107 Å². The molecule has 0 bridgehead atoms. The molecule has 100 valence electrons. The van der Waals surface area contributed by atoms with Crippen LogP contribution in [0.25, 0.3) is 0 Å². The molecule has 1 aliphatic rings. The average Bonchev–Trinajstić information content (AvgIpc) is 2.97. The first-order chi connectivity index (χ1) is 9.15. The second-order valence-electron chi connectivity index (χ2n) is 4.45. The summed E-state index contributed by atoms with van der Waals surface area (Å²) < 4.78 is 7.81. The van der Waals surface area contributed by atoms with E-state index in [2.05, 4.69) is 10.3 Å². The first-order valence-electron chi connectivity index (χ1n) is 6.00. The molecular weight excluding hydrogens is 252 g/mol. The minimum atomic E-state index is -1.16.